The Balaban J connectivity index is 1.91. The zero-order valence-electron chi connectivity index (χ0n) is 10.1. The third-order valence-corrected chi connectivity index (χ3v) is 3.89. The lowest BCUT2D eigenvalue weighted by molar-refractivity contribution is 0.744. The standard InChI is InChI=1S/C14H20N2/c1-15-8-4-5-12-11-13(6-7-14(12)15)16-9-2-3-10-16/h6-7,11H,2-5,8-10H2,1H3. The molecule has 0 radical (unpaired) electrons. The highest BCUT2D eigenvalue weighted by atomic mass is 15.1. The van der Waals surface area contributed by atoms with Crippen LogP contribution in [0.1, 0.15) is 24.8 Å². The van der Waals surface area contributed by atoms with Crippen molar-refractivity contribution in [3.8, 4) is 0 Å². The topological polar surface area (TPSA) is 6.48 Å². The van der Waals surface area contributed by atoms with Crippen LogP contribution in [0.3, 0.4) is 0 Å². The van der Waals surface area contributed by atoms with Gasteiger partial charge in [0, 0.05) is 38.1 Å². The minimum Gasteiger partial charge on any atom is -0.374 e. The summed E-state index contributed by atoms with van der Waals surface area (Å²) in [6, 6.07) is 7.02. The smallest absolute Gasteiger partial charge is 0.0397 e. The third kappa shape index (κ3) is 1.66. The van der Waals surface area contributed by atoms with E-state index in [-0.39, 0.29) is 0 Å². The molecule has 2 heteroatoms. The molecular weight excluding hydrogens is 196 g/mol. The number of benzene rings is 1. The van der Waals surface area contributed by atoms with Crippen LogP contribution in [0.25, 0.3) is 0 Å². The molecule has 2 nitrogen and oxygen atoms in total. The molecule has 0 amide bonds. The molecule has 16 heavy (non-hydrogen) atoms. The number of nitrogens with zero attached hydrogens (tertiary/aromatic N) is 2. The highest BCUT2D eigenvalue weighted by Gasteiger charge is 2.17. The number of rotatable bonds is 1. The summed E-state index contributed by atoms with van der Waals surface area (Å²) >= 11 is 0. The molecule has 1 aromatic carbocycles. The maximum atomic E-state index is 2.52. The van der Waals surface area contributed by atoms with Gasteiger partial charge in [-0.05, 0) is 49.4 Å². The SMILES string of the molecule is CN1CCCc2cc(N3CCCC3)ccc21. The second-order valence-electron chi connectivity index (χ2n) is 5.03. The third-order valence-electron chi connectivity index (χ3n) is 3.89. The molecule has 2 heterocycles. The molecule has 1 aromatic rings. The molecule has 2 aliphatic heterocycles. The lowest BCUT2D eigenvalue weighted by Gasteiger charge is -2.29. The van der Waals surface area contributed by atoms with E-state index in [9.17, 15) is 0 Å². The quantitative estimate of drug-likeness (QED) is 0.712. The fourth-order valence-corrected chi connectivity index (χ4v) is 2.94. The fraction of sp³-hybridized carbons (Fsp3) is 0.571. The van der Waals surface area contributed by atoms with Gasteiger partial charge in [0.2, 0.25) is 0 Å². The zero-order valence-corrected chi connectivity index (χ0v) is 10.1. The summed E-state index contributed by atoms with van der Waals surface area (Å²) in [6.45, 7) is 3.69. The van der Waals surface area contributed by atoms with Crippen molar-refractivity contribution in [3.63, 3.8) is 0 Å². The first kappa shape index (κ1) is 10.0. The van der Waals surface area contributed by atoms with Crippen LogP contribution in [-0.4, -0.2) is 26.7 Å². The molecule has 0 aliphatic carbocycles. The minimum absolute atomic E-state index is 1.20. The fourth-order valence-electron chi connectivity index (χ4n) is 2.94. The van der Waals surface area contributed by atoms with Gasteiger partial charge in [0.25, 0.3) is 0 Å². The van der Waals surface area contributed by atoms with Crippen molar-refractivity contribution in [1.29, 1.82) is 0 Å². The van der Waals surface area contributed by atoms with Crippen LogP contribution >= 0.6 is 0 Å². The van der Waals surface area contributed by atoms with Crippen molar-refractivity contribution in [2.24, 2.45) is 0 Å². The largest absolute Gasteiger partial charge is 0.374 e. The summed E-state index contributed by atoms with van der Waals surface area (Å²) < 4.78 is 0. The number of anilines is 2. The van der Waals surface area contributed by atoms with Crippen molar-refractivity contribution in [2.75, 3.05) is 36.5 Å². The van der Waals surface area contributed by atoms with E-state index in [4.69, 9.17) is 0 Å². The predicted molar refractivity (Wildman–Crippen MR) is 69.5 cm³/mol. The van der Waals surface area contributed by atoms with Crippen LogP contribution in [0.15, 0.2) is 18.2 Å². The van der Waals surface area contributed by atoms with Gasteiger partial charge in [0.15, 0.2) is 0 Å². The van der Waals surface area contributed by atoms with E-state index in [0.29, 0.717) is 0 Å². The first-order chi connectivity index (χ1) is 7.84. The van der Waals surface area contributed by atoms with E-state index < -0.39 is 0 Å². The molecule has 0 spiro atoms. The van der Waals surface area contributed by atoms with Gasteiger partial charge in [-0.1, -0.05) is 0 Å². The maximum absolute atomic E-state index is 2.52. The first-order valence-corrected chi connectivity index (χ1v) is 6.43. The molecule has 1 fully saturated rings. The summed E-state index contributed by atoms with van der Waals surface area (Å²) in [5.74, 6) is 0. The van der Waals surface area contributed by atoms with E-state index in [0.717, 1.165) is 0 Å². The highest BCUT2D eigenvalue weighted by molar-refractivity contribution is 5.63. The summed E-state index contributed by atoms with van der Waals surface area (Å²) in [6.07, 6.45) is 5.27. The average molecular weight is 216 g/mol. The van der Waals surface area contributed by atoms with Crippen LogP contribution in [0, 0.1) is 0 Å². The summed E-state index contributed by atoms with van der Waals surface area (Å²) in [7, 11) is 2.20. The van der Waals surface area contributed by atoms with E-state index in [1.54, 1.807) is 0 Å². The van der Waals surface area contributed by atoms with Crippen molar-refractivity contribution in [2.45, 2.75) is 25.7 Å². The van der Waals surface area contributed by atoms with Crippen LogP contribution in [0.4, 0.5) is 11.4 Å². The van der Waals surface area contributed by atoms with Crippen molar-refractivity contribution < 1.29 is 0 Å². The Hall–Kier alpha value is -1.18. The molecule has 0 atom stereocenters. The van der Waals surface area contributed by atoms with E-state index in [1.165, 1.54) is 62.3 Å². The molecule has 0 N–H and O–H groups in total. The van der Waals surface area contributed by atoms with E-state index in [1.807, 2.05) is 0 Å². The second kappa shape index (κ2) is 4.00. The molecular formula is C14H20N2. The van der Waals surface area contributed by atoms with Crippen LogP contribution in [0.2, 0.25) is 0 Å². The highest BCUT2D eigenvalue weighted by Crippen LogP contribution is 2.31. The Morgan fingerprint density at radius 1 is 1.00 bits per heavy atom. The minimum atomic E-state index is 1.20. The Bertz CT molecular complexity index is 380. The van der Waals surface area contributed by atoms with Crippen molar-refractivity contribution >= 4 is 11.4 Å². The Labute approximate surface area is 97.9 Å². The van der Waals surface area contributed by atoms with Gasteiger partial charge >= 0.3 is 0 Å². The average Bonchev–Trinajstić information content (AvgIpc) is 2.82. The van der Waals surface area contributed by atoms with Crippen LogP contribution < -0.4 is 9.80 Å². The van der Waals surface area contributed by atoms with Crippen LogP contribution in [0.5, 0.6) is 0 Å². The first-order valence-electron chi connectivity index (χ1n) is 6.43. The summed E-state index contributed by atoms with van der Waals surface area (Å²) in [5, 5.41) is 0. The maximum Gasteiger partial charge on any atom is 0.0397 e. The summed E-state index contributed by atoms with van der Waals surface area (Å²) in [5.41, 5.74) is 4.42. The van der Waals surface area contributed by atoms with E-state index >= 15 is 0 Å². The van der Waals surface area contributed by atoms with Gasteiger partial charge < -0.3 is 9.80 Å². The predicted octanol–water partition coefficient (Wildman–Crippen LogP) is 2.67. The van der Waals surface area contributed by atoms with Gasteiger partial charge in [-0.25, -0.2) is 0 Å². The molecule has 2 aliphatic rings. The monoisotopic (exact) mass is 216 g/mol. The van der Waals surface area contributed by atoms with Gasteiger partial charge in [-0.2, -0.15) is 0 Å². The molecule has 0 aromatic heterocycles. The Kier molecular flexibility index (Phi) is 2.50. The molecule has 0 saturated carbocycles. The normalized spacial score (nSPS) is 20.1. The van der Waals surface area contributed by atoms with Gasteiger partial charge in [0.1, 0.15) is 0 Å². The van der Waals surface area contributed by atoms with Crippen molar-refractivity contribution in [3.05, 3.63) is 23.8 Å². The second-order valence-corrected chi connectivity index (χ2v) is 5.03. The lowest BCUT2D eigenvalue weighted by atomic mass is 10.0. The molecule has 1 saturated heterocycles. The van der Waals surface area contributed by atoms with Crippen molar-refractivity contribution in [1.82, 2.24) is 0 Å². The van der Waals surface area contributed by atoms with Gasteiger partial charge in [0.05, 0.1) is 0 Å². The zero-order chi connectivity index (χ0) is 11.0. The molecule has 86 valence electrons. The van der Waals surface area contributed by atoms with E-state index in [2.05, 4.69) is 35.0 Å². The summed E-state index contributed by atoms with van der Waals surface area (Å²) in [4.78, 5) is 4.90. The van der Waals surface area contributed by atoms with Gasteiger partial charge in [-0.15, -0.1) is 0 Å². The lowest BCUT2D eigenvalue weighted by Crippen LogP contribution is -2.25. The molecule has 3 rings (SSSR count). The molecule has 0 unspecified atom stereocenters. The molecule has 0 bridgehead atoms. The number of fused-ring (bicyclic) bond motifs is 1. The Morgan fingerprint density at radius 2 is 1.81 bits per heavy atom. The van der Waals surface area contributed by atoms with Gasteiger partial charge in [-0.3, -0.25) is 0 Å². The number of aryl methyl sites for hydroxylation is 1. The number of hydrogen-bond donors (Lipinski definition) is 0. The Morgan fingerprint density at radius 3 is 2.62 bits per heavy atom. The van der Waals surface area contributed by atoms with Crippen LogP contribution in [-0.2, 0) is 6.42 Å². The number of hydrogen-bond acceptors (Lipinski definition) is 2.